The highest BCUT2D eigenvalue weighted by molar-refractivity contribution is 5.83. The van der Waals surface area contributed by atoms with Crippen molar-refractivity contribution in [2.24, 2.45) is 5.92 Å². The van der Waals surface area contributed by atoms with E-state index in [1.165, 1.54) is 4.68 Å². The molecule has 0 spiro atoms. The normalized spacial score (nSPS) is 12.3. The molecule has 0 aliphatic heterocycles. The van der Waals surface area contributed by atoms with Crippen LogP contribution < -0.4 is 5.73 Å². The van der Waals surface area contributed by atoms with E-state index in [1.807, 2.05) is 38.1 Å². The first-order valence-electron chi connectivity index (χ1n) is 7.90. The van der Waals surface area contributed by atoms with Gasteiger partial charge in [-0.3, -0.25) is 4.79 Å². The highest BCUT2D eigenvalue weighted by Gasteiger charge is 2.22. The van der Waals surface area contributed by atoms with E-state index in [0.29, 0.717) is 5.82 Å². The van der Waals surface area contributed by atoms with Crippen LogP contribution in [0.25, 0.3) is 11.4 Å². The van der Waals surface area contributed by atoms with Gasteiger partial charge in [0.05, 0.1) is 0 Å². The van der Waals surface area contributed by atoms with Crippen molar-refractivity contribution in [3.05, 3.63) is 29.8 Å². The molecule has 0 bridgehead atoms. The maximum atomic E-state index is 12.6. The van der Waals surface area contributed by atoms with Crippen LogP contribution in [-0.2, 0) is 0 Å². The molecule has 0 saturated heterocycles. The van der Waals surface area contributed by atoms with Gasteiger partial charge in [-0.05, 0) is 19.8 Å². The maximum Gasteiger partial charge on any atom is 0.253 e. The topological polar surface area (TPSA) is 73.8 Å². The molecule has 0 unspecified atom stereocenters. The number of anilines is 1. The van der Waals surface area contributed by atoms with E-state index in [-0.39, 0.29) is 17.8 Å². The number of aromatic nitrogens is 3. The largest absolute Gasteiger partial charge is 0.368 e. The molecule has 0 saturated carbocycles. The van der Waals surface area contributed by atoms with Crippen LogP contribution >= 0.6 is 0 Å². The van der Waals surface area contributed by atoms with Gasteiger partial charge in [0.15, 0.2) is 5.82 Å². The van der Waals surface area contributed by atoms with Crippen LogP contribution in [0, 0.1) is 12.8 Å². The smallest absolute Gasteiger partial charge is 0.253 e. The molecule has 0 amide bonds. The van der Waals surface area contributed by atoms with Gasteiger partial charge in [-0.15, -0.1) is 5.10 Å². The minimum atomic E-state index is -0.0562. The number of rotatable bonds is 6. The molecule has 22 heavy (non-hydrogen) atoms. The standard InChI is InChI=1S/C17H24N4O/c1-4-6-7-13(5-2)16(22)21-17(18)19-15(20-21)14-10-8-12(3)9-11-14/h8-11,13H,4-7H2,1-3H3,(H2,18,19,20)/t13-/m0/s1. The van der Waals surface area contributed by atoms with Gasteiger partial charge in [-0.25, -0.2) is 0 Å². The fourth-order valence-electron chi connectivity index (χ4n) is 2.44. The maximum absolute atomic E-state index is 12.6. The zero-order valence-corrected chi connectivity index (χ0v) is 13.5. The summed E-state index contributed by atoms with van der Waals surface area (Å²) >= 11 is 0. The Morgan fingerprint density at radius 1 is 1.27 bits per heavy atom. The van der Waals surface area contributed by atoms with Crippen LogP contribution in [0.3, 0.4) is 0 Å². The molecule has 5 heteroatoms. The molecule has 1 heterocycles. The predicted octanol–water partition coefficient (Wildman–Crippen LogP) is 3.69. The van der Waals surface area contributed by atoms with Crippen LogP contribution in [0.2, 0.25) is 0 Å². The number of benzene rings is 1. The Balaban J connectivity index is 2.25. The van der Waals surface area contributed by atoms with E-state index in [9.17, 15) is 4.79 Å². The SMILES string of the molecule is CCCC[C@H](CC)C(=O)n1nc(-c2ccc(C)cc2)nc1N. The summed E-state index contributed by atoms with van der Waals surface area (Å²) in [7, 11) is 0. The Morgan fingerprint density at radius 2 is 1.95 bits per heavy atom. The zero-order valence-electron chi connectivity index (χ0n) is 13.5. The number of hydrogen-bond acceptors (Lipinski definition) is 4. The highest BCUT2D eigenvalue weighted by atomic mass is 16.2. The van der Waals surface area contributed by atoms with Gasteiger partial charge in [0.25, 0.3) is 5.91 Å². The molecule has 0 aliphatic carbocycles. The number of carbonyl (C=O) groups is 1. The number of aryl methyl sites for hydroxylation is 1. The number of nitrogens with two attached hydrogens (primary N) is 1. The van der Waals surface area contributed by atoms with Crippen molar-refractivity contribution in [2.75, 3.05) is 5.73 Å². The van der Waals surface area contributed by atoms with E-state index in [0.717, 1.165) is 36.8 Å². The van der Waals surface area contributed by atoms with Crippen LogP contribution in [-0.4, -0.2) is 20.7 Å². The Hall–Kier alpha value is -2.17. The third-order valence-corrected chi connectivity index (χ3v) is 3.90. The van der Waals surface area contributed by atoms with Crippen LogP contribution in [0.15, 0.2) is 24.3 Å². The van der Waals surface area contributed by atoms with Crippen molar-refractivity contribution in [1.82, 2.24) is 14.8 Å². The lowest BCUT2D eigenvalue weighted by molar-refractivity contribution is 0.0807. The molecule has 1 atom stereocenters. The first kappa shape index (κ1) is 16.2. The fourth-order valence-corrected chi connectivity index (χ4v) is 2.44. The summed E-state index contributed by atoms with van der Waals surface area (Å²) in [6.07, 6.45) is 3.76. The van der Waals surface area contributed by atoms with Crippen LogP contribution in [0.1, 0.15) is 49.9 Å². The molecule has 2 rings (SSSR count). The quantitative estimate of drug-likeness (QED) is 0.883. The van der Waals surface area contributed by atoms with Crippen molar-refractivity contribution in [2.45, 2.75) is 46.5 Å². The summed E-state index contributed by atoms with van der Waals surface area (Å²) in [6.45, 7) is 6.16. The molecule has 1 aromatic heterocycles. The molecule has 0 aliphatic rings. The first-order valence-corrected chi connectivity index (χ1v) is 7.90. The fraction of sp³-hybridized carbons (Fsp3) is 0.471. The summed E-state index contributed by atoms with van der Waals surface area (Å²) in [6, 6.07) is 7.86. The third kappa shape index (κ3) is 3.53. The van der Waals surface area contributed by atoms with Gasteiger partial charge in [0, 0.05) is 11.5 Å². The molecule has 2 N–H and O–H groups in total. The van der Waals surface area contributed by atoms with Gasteiger partial charge in [0.1, 0.15) is 0 Å². The van der Waals surface area contributed by atoms with Crippen LogP contribution in [0.5, 0.6) is 0 Å². The van der Waals surface area contributed by atoms with E-state index >= 15 is 0 Å². The number of unbranched alkanes of at least 4 members (excludes halogenated alkanes) is 1. The lowest BCUT2D eigenvalue weighted by Gasteiger charge is -2.12. The van der Waals surface area contributed by atoms with Gasteiger partial charge in [0.2, 0.25) is 5.95 Å². The average Bonchev–Trinajstić information content (AvgIpc) is 2.90. The molecular weight excluding hydrogens is 276 g/mol. The lowest BCUT2D eigenvalue weighted by atomic mass is 9.99. The third-order valence-electron chi connectivity index (χ3n) is 3.90. The second kappa shape index (κ2) is 7.20. The molecular formula is C17H24N4O. The number of nitrogens with zero attached hydrogens (tertiary/aromatic N) is 3. The summed E-state index contributed by atoms with van der Waals surface area (Å²) in [4.78, 5) is 16.8. The van der Waals surface area contributed by atoms with Gasteiger partial charge in [-0.2, -0.15) is 9.67 Å². The number of nitrogen functional groups attached to an aromatic ring is 1. The predicted molar refractivity (Wildman–Crippen MR) is 88.5 cm³/mol. The second-order valence-electron chi connectivity index (χ2n) is 5.66. The van der Waals surface area contributed by atoms with Crippen molar-refractivity contribution < 1.29 is 4.79 Å². The number of hydrogen-bond donors (Lipinski definition) is 1. The van der Waals surface area contributed by atoms with E-state index in [2.05, 4.69) is 17.0 Å². The van der Waals surface area contributed by atoms with Crippen molar-refractivity contribution in [3.63, 3.8) is 0 Å². The van der Waals surface area contributed by atoms with Gasteiger partial charge in [-0.1, -0.05) is 56.5 Å². The molecule has 0 fully saturated rings. The summed E-state index contributed by atoms with van der Waals surface area (Å²) in [5, 5.41) is 4.32. The molecule has 5 nitrogen and oxygen atoms in total. The van der Waals surface area contributed by atoms with Crippen molar-refractivity contribution in [3.8, 4) is 11.4 Å². The van der Waals surface area contributed by atoms with E-state index in [1.54, 1.807) is 0 Å². The highest BCUT2D eigenvalue weighted by Crippen LogP contribution is 2.20. The van der Waals surface area contributed by atoms with E-state index in [4.69, 9.17) is 5.73 Å². The lowest BCUT2D eigenvalue weighted by Crippen LogP contribution is -2.24. The molecule has 2 aromatic rings. The van der Waals surface area contributed by atoms with Gasteiger partial charge >= 0.3 is 0 Å². The number of carbonyl (C=O) groups excluding carboxylic acids is 1. The molecule has 0 radical (unpaired) electrons. The minimum absolute atomic E-state index is 0.0465. The molecule has 118 valence electrons. The monoisotopic (exact) mass is 300 g/mol. The Labute approximate surface area is 131 Å². The molecule has 1 aromatic carbocycles. The Kier molecular flexibility index (Phi) is 5.31. The minimum Gasteiger partial charge on any atom is -0.368 e. The van der Waals surface area contributed by atoms with E-state index < -0.39 is 0 Å². The van der Waals surface area contributed by atoms with Gasteiger partial charge < -0.3 is 5.73 Å². The van der Waals surface area contributed by atoms with Crippen molar-refractivity contribution in [1.29, 1.82) is 0 Å². The second-order valence-corrected chi connectivity index (χ2v) is 5.66. The van der Waals surface area contributed by atoms with Crippen molar-refractivity contribution >= 4 is 11.9 Å². The average molecular weight is 300 g/mol. The summed E-state index contributed by atoms with van der Waals surface area (Å²) < 4.78 is 1.26. The summed E-state index contributed by atoms with van der Waals surface area (Å²) in [5.41, 5.74) is 7.93. The Morgan fingerprint density at radius 3 is 2.55 bits per heavy atom. The summed E-state index contributed by atoms with van der Waals surface area (Å²) in [5.74, 6) is 0.556. The first-order chi connectivity index (χ1) is 10.6. The Bertz CT molecular complexity index is 631. The zero-order chi connectivity index (χ0) is 16.1. The van der Waals surface area contributed by atoms with Crippen LogP contribution in [0.4, 0.5) is 5.95 Å².